The molecule has 0 saturated carbocycles. The Morgan fingerprint density at radius 3 is 2.87 bits per heavy atom. The summed E-state index contributed by atoms with van der Waals surface area (Å²) >= 11 is 2.94. The minimum Gasteiger partial charge on any atom is -0.461 e. The molecular formula is C21H24BrF3N4O2. The van der Waals surface area contributed by atoms with Gasteiger partial charge in [0, 0.05) is 31.4 Å². The Balaban J connectivity index is 1.52. The van der Waals surface area contributed by atoms with Gasteiger partial charge in [0.25, 0.3) is 0 Å². The van der Waals surface area contributed by atoms with E-state index in [-0.39, 0.29) is 33.5 Å². The summed E-state index contributed by atoms with van der Waals surface area (Å²) < 4.78 is 48.9. The van der Waals surface area contributed by atoms with Crippen molar-refractivity contribution >= 4 is 32.7 Å². The van der Waals surface area contributed by atoms with Crippen LogP contribution in [0, 0.1) is 11.6 Å². The molecule has 10 heteroatoms. The maximum atomic E-state index is 14.9. The molecule has 168 valence electrons. The Morgan fingerprint density at radius 2 is 2.06 bits per heavy atom. The molecule has 3 atom stereocenters. The van der Waals surface area contributed by atoms with E-state index in [1.807, 2.05) is 4.90 Å². The number of aliphatic hydroxyl groups is 1. The predicted molar refractivity (Wildman–Crippen MR) is 113 cm³/mol. The summed E-state index contributed by atoms with van der Waals surface area (Å²) in [5.41, 5.74) is -0.440. The summed E-state index contributed by atoms with van der Waals surface area (Å²) in [5, 5.41) is 10.3. The van der Waals surface area contributed by atoms with Crippen LogP contribution in [-0.4, -0.2) is 70.6 Å². The Kier molecular flexibility index (Phi) is 5.50. The van der Waals surface area contributed by atoms with Crippen molar-refractivity contribution in [1.29, 1.82) is 0 Å². The van der Waals surface area contributed by atoms with E-state index >= 15 is 0 Å². The van der Waals surface area contributed by atoms with Gasteiger partial charge in [0.05, 0.1) is 16.1 Å². The lowest BCUT2D eigenvalue weighted by atomic mass is 9.95. The summed E-state index contributed by atoms with van der Waals surface area (Å²) in [4.78, 5) is 12.6. The zero-order valence-electron chi connectivity index (χ0n) is 17.0. The molecule has 0 radical (unpaired) electrons. The molecule has 31 heavy (non-hydrogen) atoms. The van der Waals surface area contributed by atoms with Crippen molar-refractivity contribution in [1.82, 2.24) is 14.9 Å². The summed E-state index contributed by atoms with van der Waals surface area (Å²) in [7, 11) is 0. The first kappa shape index (κ1) is 21.2. The molecule has 2 aromatic rings. The van der Waals surface area contributed by atoms with E-state index in [0.717, 1.165) is 25.8 Å². The molecule has 1 N–H and O–H groups in total. The highest BCUT2D eigenvalue weighted by Crippen LogP contribution is 2.41. The molecular weight excluding hydrogens is 477 g/mol. The van der Waals surface area contributed by atoms with Gasteiger partial charge in [0.1, 0.15) is 29.9 Å². The van der Waals surface area contributed by atoms with Gasteiger partial charge in [0.2, 0.25) is 0 Å². The van der Waals surface area contributed by atoms with Gasteiger partial charge >= 0.3 is 6.01 Å². The second kappa shape index (κ2) is 8.04. The van der Waals surface area contributed by atoms with Crippen LogP contribution in [0.5, 0.6) is 6.01 Å². The van der Waals surface area contributed by atoms with E-state index in [4.69, 9.17) is 4.74 Å². The molecule has 3 saturated heterocycles. The highest BCUT2D eigenvalue weighted by atomic mass is 79.9. The smallest absolute Gasteiger partial charge is 0.319 e. The monoisotopic (exact) mass is 500 g/mol. The third kappa shape index (κ3) is 3.76. The summed E-state index contributed by atoms with van der Waals surface area (Å²) in [6, 6.07) is 1.17. The van der Waals surface area contributed by atoms with Gasteiger partial charge in [-0.25, -0.2) is 13.2 Å². The minimum absolute atomic E-state index is 0.0245. The predicted octanol–water partition coefficient (Wildman–Crippen LogP) is 3.59. The Morgan fingerprint density at radius 1 is 1.23 bits per heavy atom. The molecule has 6 nitrogen and oxygen atoms in total. The number of hydrogen-bond acceptors (Lipinski definition) is 6. The van der Waals surface area contributed by atoms with Crippen molar-refractivity contribution in [2.24, 2.45) is 0 Å². The number of nitrogens with zero attached hydrogens (tertiary/aromatic N) is 4. The van der Waals surface area contributed by atoms with Gasteiger partial charge in [-0.3, -0.25) is 4.90 Å². The normalized spacial score (nSPS) is 29.0. The second-order valence-corrected chi connectivity index (χ2v) is 9.61. The quantitative estimate of drug-likeness (QED) is 0.647. The number of aromatic nitrogens is 2. The number of ether oxygens (including phenoxy) is 1. The first-order chi connectivity index (χ1) is 14.9. The van der Waals surface area contributed by atoms with Crippen LogP contribution >= 0.6 is 15.9 Å². The standard InChI is InChI=1S/C21H24BrF3N4O2/c22-16-15(24)7-14-18(17(16)25)26-20(27-19(14)28-5-1-3-13(30)10-28)31-11-21-4-2-6-29(21)9-12(23)8-21/h7,12-13,30H,1-6,8-11H2/t12-,13-,21+/m1/s1. The van der Waals surface area contributed by atoms with Crippen LogP contribution < -0.4 is 9.64 Å². The number of halogens is 4. The van der Waals surface area contributed by atoms with Gasteiger partial charge in [-0.2, -0.15) is 9.97 Å². The van der Waals surface area contributed by atoms with Crippen molar-refractivity contribution in [3.05, 3.63) is 22.2 Å². The molecule has 0 amide bonds. The maximum absolute atomic E-state index is 14.9. The average Bonchev–Trinajstić information content (AvgIpc) is 3.26. The molecule has 3 aliphatic rings. The van der Waals surface area contributed by atoms with Crippen molar-refractivity contribution in [3.63, 3.8) is 0 Å². The molecule has 0 bridgehead atoms. The number of hydrogen-bond donors (Lipinski definition) is 1. The van der Waals surface area contributed by atoms with E-state index in [0.29, 0.717) is 38.3 Å². The number of fused-ring (bicyclic) bond motifs is 2. The minimum atomic E-state index is -0.886. The highest BCUT2D eigenvalue weighted by molar-refractivity contribution is 9.10. The Bertz CT molecular complexity index is 1010. The number of β-amino-alcohol motifs (C(OH)–C–C–N with tert-alkyl or cyclic N) is 1. The number of piperidine rings is 1. The molecule has 0 spiro atoms. The first-order valence-electron chi connectivity index (χ1n) is 10.7. The van der Waals surface area contributed by atoms with Crippen LogP contribution in [0.15, 0.2) is 10.5 Å². The fraction of sp³-hybridized carbons (Fsp3) is 0.619. The van der Waals surface area contributed by atoms with Gasteiger partial charge in [0.15, 0.2) is 5.82 Å². The Labute approximate surface area is 186 Å². The van der Waals surface area contributed by atoms with Crippen LogP contribution in [0.4, 0.5) is 19.0 Å². The number of benzene rings is 1. The van der Waals surface area contributed by atoms with Gasteiger partial charge in [-0.05, 0) is 54.2 Å². The Hall–Kier alpha value is -1.65. The summed E-state index contributed by atoms with van der Waals surface area (Å²) in [6.07, 6.45) is 2.18. The number of anilines is 1. The molecule has 5 rings (SSSR count). The number of alkyl halides is 1. The van der Waals surface area contributed by atoms with Crippen LogP contribution in [0.2, 0.25) is 0 Å². The largest absolute Gasteiger partial charge is 0.461 e. The molecule has 0 aliphatic carbocycles. The van der Waals surface area contributed by atoms with E-state index in [9.17, 15) is 18.3 Å². The zero-order valence-corrected chi connectivity index (χ0v) is 18.5. The molecule has 4 heterocycles. The van der Waals surface area contributed by atoms with Crippen molar-refractivity contribution < 1.29 is 23.0 Å². The highest BCUT2D eigenvalue weighted by Gasteiger charge is 2.49. The van der Waals surface area contributed by atoms with Crippen LogP contribution in [-0.2, 0) is 0 Å². The first-order valence-corrected chi connectivity index (χ1v) is 11.5. The van der Waals surface area contributed by atoms with Crippen molar-refractivity contribution in [3.8, 4) is 6.01 Å². The third-order valence-electron chi connectivity index (χ3n) is 6.71. The fourth-order valence-electron chi connectivity index (χ4n) is 5.24. The molecule has 1 aromatic carbocycles. The van der Waals surface area contributed by atoms with Crippen molar-refractivity contribution in [2.75, 3.05) is 37.7 Å². The van der Waals surface area contributed by atoms with E-state index in [1.165, 1.54) is 6.07 Å². The van der Waals surface area contributed by atoms with Crippen LogP contribution in [0.1, 0.15) is 32.1 Å². The molecule has 1 aromatic heterocycles. The number of aliphatic hydroxyl groups excluding tert-OH is 1. The average molecular weight is 501 g/mol. The zero-order chi connectivity index (χ0) is 21.8. The third-order valence-corrected chi connectivity index (χ3v) is 7.44. The SMILES string of the molecule is O[C@@H]1CCCN(c2nc(OC[C@@]34CCCN3C[C@H](F)C4)nc3c(F)c(Br)c(F)cc23)C1. The molecule has 0 unspecified atom stereocenters. The fourth-order valence-corrected chi connectivity index (χ4v) is 5.54. The topological polar surface area (TPSA) is 61.7 Å². The second-order valence-electron chi connectivity index (χ2n) is 8.82. The lowest BCUT2D eigenvalue weighted by molar-refractivity contribution is 0.107. The van der Waals surface area contributed by atoms with Crippen LogP contribution in [0.25, 0.3) is 10.9 Å². The van der Waals surface area contributed by atoms with Gasteiger partial charge in [-0.15, -0.1) is 0 Å². The van der Waals surface area contributed by atoms with E-state index in [2.05, 4.69) is 30.8 Å². The van der Waals surface area contributed by atoms with Gasteiger partial charge < -0.3 is 14.7 Å². The van der Waals surface area contributed by atoms with Gasteiger partial charge in [-0.1, -0.05) is 0 Å². The lowest BCUT2D eigenvalue weighted by Crippen LogP contribution is -2.43. The maximum Gasteiger partial charge on any atom is 0.319 e. The van der Waals surface area contributed by atoms with E-state index < -0.39 is 23.9 Å². The summed E-state index contributed by atoms with van der Waals surface area (Å²) in [6.45, 7) is 2.36. The van der Waals surface area contributed by atoms with Crippen molar-refractivity contribution in [2.45, 2.75) is 49.9 Å². The number of rotatable bonds is 4. The molecule has 3 fully saturated rings. The van der Waals surface area contributed by atoms with Crippen LogP contribution in [0.3, 0.4) is 0 Å². The lowest BCUT2D eigenvalue weighted by Gasteiger charge is -2.32. The van der Waals surface area contributed by atoms with E-state index in [1.54, 1.807) is 0 Å². The summed E-state index contributed by atoms with van der Waals surface area (Å²) in [5.74, 6) is -1.24. The molecule has 3 aliphatic heterocycles.